The average Bonchev–Trinajstić information content (AvgIpc) is 3.36. The summed E-state index contributed by atoms with van der Waals surface area (Å²) in [5.41, 5.74) is 0.397. The number of aliphatic hydroxyl groups is 3. The molecule has 2 aliphatic carbocycles. The van der Waals surface area contributed by atoms with Crippen molar-refractivity contribution >= 4 is 17.9 Å². The van der Waals surface area contributed by atoms with E-state index in [2.05, 4.69) is 17.0 Å². The third kappa shape index (κ3) is 7.41. The van der Waals surface area contributed by atoms with Crippen molar-refractivity contribution in [1.82, 2.24) is 4.90 Å². The molecular formula is C33H41NO11. The molecule has 244 valence electrons. The van der Waals surface area contributed by atoms with Gasteiger partial charge in [0.15, 0.2) is 29.3 Å². The number of nitrogens with zero attached hydrogens (tertiary/aromatic N) is 1. The van der Waals surface area contributed by atoms with E-state index < -0.39 is 35.7 Å². The minimum absolute atomic E-state index is 0.0727. The van der Waals surface area contributed by atoms with Crippen LogP contribution in [0.3, 0.4) is 0 Å². The Bertz CT molecular complexity index is 1320. The fourth-order valence-corrected chi connectivity index (χ4v) is 6.84. The number of hydrogen-bond donors (Lipinski definition) is 5. The summed E-state index contributed by atoms with van der Waals surface area (Å²) in [6.07, 6.45) is 1.48. The van der Waals surface area contributed by atoms with Gasteiger partial charge in [0.05, 0.1) is 6.61 Å². The molecule has 6 atom stereocenters. The molecule has 2 unspecified atom stereocenters. The zero-order valence-corrected chi connectivity index (χ0v) is 25.0. The van der Waals surface area contributed by atoms with E-state index >= 15 is 0 Å². The van der Waals surface area contributed by atoms with E-state index in [-0.39, 0.29) is 5.92 Å². The number of aliphatic hydroxyl groups excluding tert-OH is 2. The lowest BCUT2D eigenvalue weighted by molar-refractivity contribution is -0.176. The highest BCUT2D eigenvalue weighted by atomic mass is 16.7. The number of rotatable bonds is 11. The number of esters is 1. The van der Waals surface area contributed by atoms with Gasteiger partial charge in [-0.05, 0) is 54.4 Å². The lowest BCUT2D eigenvalue weighted by Gasteiger charge is -2.36. The van der Waals surface area contributed by atoms with Crippen LogP contribution in [-0.2, 0) is 31.1 Å². The molecule has 0 spiro atoms. The smallest absolute Gasteiger partial charge is 0.343 e. The first-order valence-electron chi connectivity index (χ1n) is 15.5. The highest BCUT2D eigenvalue weighted by Gasteiger charge is 2.56. The maximum absolute atomic E-state index is 13.3. The van der Waals surface area contributed by atoms with E-state index in [0.29, 0.717) is 36.7 Å². The van der Waals surface area contributed by atoms with Gasteiger partial charge in [0.1, 0.15) is 0 Å². The fraction of sp³-hybridized carbons (Fsp3) is 0.545. The summed E-state index contributed by atoms with van der Waals surface area (Å²) in [4.78, 5) is 35.4. The van der Waals surface area contributed by atoms with E-state index in [1.54, 1.807) is 0 Å². The van der Waals surface area contributed by atoms with Gasteiger partial charge in [-0.2, -0.15) is 0 Å². The van der Waals surface area contributed by atoms with Crippen molar-refractivity contribution in [1.29, 1.82) is 0 Å². The zero-order chi connectivity index (χ0) is 32.1. The molecule has 3 fully saturated rings. The van der Waals surface area contributed by atoms with E-state index in [1.165, 1.54) is 12.0 Å². The molecular weight excluding hydrogens is 586 g/mol. The SMILES string of the molecule is O=C(O)[C@H](O)[C@@H](O)C(=O)O.O=C(OCC1[C@H]2CN(CCc3ccc4c(c3)OCO4)C[C@@H]12)C(O)(c1ccccc1)C1CCCCC1. The van der Waals surface area contributed by atoms with E-state index in [4.69, 9.17) is 34.6 Å². The second-order valence-electron chi connectivity index (χ2n) is 12.3. The van der Waals surface area contributed by atoms with Crippen LogP contribution in [0.4, 0.5) is 0 Å². The molecule has 0 aromatic heterocycles. The zero-order valence-electron chi connectivity index (χ0n) is 25.0. The Balaban J connectivity index is 0.000000348. The standard InChI is InChI=1S/C29H35NO5.C4H6O6/c31-28(29(32,21-7-3-1-4-8-21)22-9-5-2-6-10-22)33-18-25-23-16-30(17-24(23)25)14-13-20-11-12-26-27(15-20)35-19-34-26;5-1(3(7)8)2(6)4(9)10/h1,3-4,7-8,11-12,15,22-25,32H,2,5-6,9-10,13-14,16-19H2;1-2,5-6H,(H,7,8)(H,9,10)/t23-,24+,25?,29?;1-,2-/m.1/s1. The summed E-state index contributed by atoms with van der Waals surface area (Å²) < 4.78 is 16.7. The number of piperidine rings is 1. The van der Waals surface area contributed by atoms with Crippen molar-refractivity contribution in [3.63, 3.8) is 0 Å². The van der Waals surface area contributed by atoms with Crippen LogP contribution in [0.1, 0.15) is 43.2 Å². The minimum Gasteiger partial charge on any atom is -0.479 e. The number of likely N-dealkylation sites (tertiary alicyclic amines) is 1. The predicted octanol–water partition coefficient (Wildman–Crippen LogP) is 2.02. The van der Waals surface area contributed by atoms with Gasteiger partial charge in [0.25, 0.3) is 0 Å². The molecule has 45 heavy (non-hydrogen) atoms. The first kappa shape index (κ1) is 32.7. The van der Waals surface area contributed by atoms with Crippen molar-refractivity contribution in [2.45, 2.75) is 56.3 Å². The molecule has 2 aromatic carbocycles. The van der Waals surface area contributed by atoms with Crippen molar-refractivity contribution < 1.29 is 54.1 Å². The molecule has 12 heteroatoms. The molecule has 4 aliphatic rings. The lowest BCUT2D eigenvalue weighted by atomic mass is 9.73. The van der Waals surface area contributed by atoms with Gasteiger partial charge in [0.2, 0.25) is 6.79 Å². The van der Waals surface area contributed by atoms with Crippen LogP contribution in [0, 0.1) is 23.7 Å². The van der Waals surface area contributed by atoms with E-state index in [0.717, 1.165) is 63.2 Å². The molecule has 2 heterocycles. The Morgan fingerprint density at radius 2 is 1.51 bits per heavy atom. The normalized spacial score (nSPS) is 24.7. The summed E-state index contributed by atoms with van der Waals surface area (Å²) in [5, 5.41) is 44.2. The Hall–Kier alpha value is -3.71. The first-order valence-corrected chi connectivity index (χ1v) is 15.5. The largest absolute Gasteiger partial charge is 0.479 e. The molecule has 2 aromatic rings. The first-order chi connectivity index (χ1) is 21.6. The molecule has 0 amide bonds. The molecule has 0 bridgehead atoms. The molecule has 6 rings (SSSR count). The summed E-state index contributed by atoms with van der Waals surface area (Å²) in [5.74, 6) is -0.777. The monoisotopic (exact) mass is 627 g/mol. The molecule has 1 saturated heterocycles. The quantitative estimate of drug-likeness (QED) is 0.229. The van der Waals surface area contributed by atoms with Crippen LogP contribution in [0.2, 0.25) is 0 Å². The third-order valence-electron chi connectivity index (χ3n) is 9.53. The van der Waals surface area contributed by atoms with Crippen molar-refractivity contribution in [3.05, 3.63) is 59.7 Å². The Labute approximate surface area is 261 Å². The molecule has 0 radical (unpaired) electrons. The molecule has 2 saturated carbocycles. The molecule has 12 nitrogen and oxygen atoms in total. The summed E-state index contributed by atoms with van der Waals surface area (Å²) in [6, 6.07) is 15.6. The van der Waals surface area contributed by atoms with Gasteiger partial charge < -0.3 is 44.6 Å². The van der Waals surface area contributed by atoms with Crippen molar-refractivity contribution in [3.8, 4) is 11.5 Å². The van der Waals surface area contributed by atoms with Crippen LogP contribution < -0.4 is 9.47 Å². The van der Waals surface area contributed by atoms with Gasteiger partial charge in [-0.25, -0.2) is 14.4 Å². The van der Waals surface area contributed by atoms with Crippen LogP contribution in [0.5, 0.6) is 11.5 Å². The number of hydrogen-bond acceptors (Lipinski definition) is 10. The molecule has 5 N–H and O–H groups in total. The van der Waals surface area contributed by atoms with Gasteiger partial charge in [0, 0.05) is 31.5 Å². The maximum Gasteiger partial charge on any atom is 0.343 e. The second-order valence-corrected chi connectivity index (χ2v) is 12.3. The summed E-state index contributed by atoms with van der Waals surface area (Å²) >= 11 is 0. The average molecular weight is 628 g/mol. The fourth-order valence-electron chi connectivity index (χ4n) is 6.84. The number of ether oxygens (including phenoxy) is 3. The molecule has 2 aliphatic heterocycles. The maximum atomic E-state index is 13.3. The lowest BCUT2D eigenvalue weighted by Crippen LogP contribution is -2.45. The summed E-state index contributed by atoms with van der Waals surface area (Å²) in [6.45, 7) is 3.87. The Morgan fingerprint density at radius 1 is 0.889 bits per heavy atom. The predicted molar refractivity (Wildman–Crippen MR) is 158 cm³/mol. The van der Waals surface area contributed by atoms with Gasteiger partial charge in [-0.15, -0.1) is 0 Å². The highest BCUT2D eigenvalue weighted by Crippen LogP contribution is 2.52. The number of fused-ring (bicyclic) bond motifs is 2. The van der Waals surface area contributed by atoms with Gasteiger partial charge in [-0.1, -0.05) is 55.7 Å². The summed E-state index contributed by atoms with van der Waals surface area (Å²) in [7, 11) is 0. The number of carbonyl (C=O) groups excluding carboxylic acids is 1. The van der Waals surface area contributed by atoms with Gasteiger partial charge in [-0.3, -0.25) is 0 Å². The number of aliphatic carboxylic acids is 2. The third-order valence-corrected chi connectivity index (χ3v) is 9.53. The van der Waals surface area contributed by atoms with E-state index in [9.17, 15) is 19.5 Å². The number of benzene rings is 2. The second kappa shape index (κ2) is 14.2. The van der Waals surface area contributed by atoms with Crippen LogP contribution in [0.15, 0.2) is 48.5 Å². The van der Waals surface area contributed by atoms with Crippen LogP contribution in [-0.4, -0.2) is 93.6 Å². The van der Waals surface area contributed by atoms with Crippen molar-refractivity contribution in [2.75, 3.05) is 33.0 Å². The minimum atomic E-state index is -2.27. The number of carboxylic acid groups (broad SMARTS) is 2. The highest BCUT2D eigenvalue weighted by molar-refractivity contribution is 5.83. The van der Waals surface area contributed by atoms with E-state index in [1.807, 2.05) is 36.4 Å². The van der Waals surface area contributed by atoms with Crippen LogP contribution in [0.25, 0.3) is 0 Å². The number of carboxylic acids is 2. The Kier molecular flexibility index (Phi) is 10.3. The number of carbonyl (C=O) groups is 3. The van der Waals surface area contributed by atoms with Gasteiger partial charge >= 0.3 is 17.9 Å². The Morgan fingerprint density at radius 3 is 2.13 bits per heavy atom. The van der Waals surface area contributed by atoms with Crippen LogP contribution >= 0.6 is 0 Å². The topological polar surface area (TPSA) is 183 Å². The van der Waals surface area contributed by atoms with Crippen molar-refractivity contribution in [2.24, 2.45) is 23.7 Å².